The first-order chi connectivity index (χ1) is 6.56. The van der Waals surface area contributed by atoms with Gasteiger partial charge in [-0.05, 0) is 12.1 Å². The van der Waals surface area contributed by atoms with E-state index < -0.39 is 17.7 Å². The molecule has 0 aliphatic heterocycles. The van der Waals surface area contributed by atoms with Crippen LogP contribution in [0.2, 0.25) is 0 Å². The predicted molar refractivity (Wildman–Crippen MR) is 50.7 cm³/mol. The van der Waals surface area contributed by atoms with Gasteiger partial charge in [0.25, 0.3) is 0 Å². The van der Waals surface area contributed by atoms with Gasteiger partial charge in [0.1, 0.15) is 0 Å². The van der Waals surface area contributed by atoms with Crippen molar-refractivity contribution in [3.63, 3.8) is 0 Å². The van der Waals surface area contributed by atoms with Gasteiger partial charge in [-0.15, -0.1) is 0 Å². The van der Waals surface area contributed by atoms with E-state index in [0.29, 0.717) is 4.47 Å². The molecule has 1 rings (SSSR count). The quantitative estimate of drug-likeness (QED) is 0.824. The summed E-state index contributed by atoms with van der Waals surface area (Å²) in [5, 5.41) is 17.9. The molecule has 0 heterocycles. The topological polar surface area (TPSA) is 40.5 Å². The third-order valence-corrected chi connectivity index (χ3v) is 2.24. The molecule has 1 atom stereocenters. The Hall–Kier alpha value is -0.520. The van der Waals surface area contributed by atoms with Gasteiger partial charge in [-0.25, -0.2) is 8.78 Å². The van der Waals surface area contributed by atoms with Crippen LogP contribution < -0.4 is 0 Å². The lowest BCUT2D eigenvalue weighted by atomic mass is 10.1. The maximum Gasteiger partial charge on any atom is 0.164 e. The zero-order chi connectivity index (χ0) is 10.7. The Morgan fingerprint density at radius 3 is 2.57 bits per heavy atom. The van der Waals surface area contributed by atoms with Gasteiger partial charge in [0.05, 0.1) is 6.10 Å². The molecule has 0 amide bonds. The van der Waals surface area contributed by atoms with E-state index in [0.717, 1.165) is 6.07 Å². The molecule has 14 heavy (non-hydrogen) atoms. The normalized spacial score (nSPS) is 12.9. The first kappa shape index (κ1) is 11.6. The van der Waals surface area contributed by atoms with E-state index in [1.807, 2.05) is 0 Å². The van der Waals surface area contributed by atoms with E-state index in [1.54, 1.807) is 0 Å². The first-order valence-corrected chi connectivity index (χ1v) is 4.79. The van der Waals surface area contributed by atoms with E-state index >= 15 is 0 Å². The molecule has 0 bridgehead atoms. The van der Waals surface area contributed by atoms with E-state index in [1.165, 1.54) is 6.07 Å². The van der Waals surface area contributed by atoms with Crippen LogP contribution in [0, 0.1) is 11.6 Å². The summed E-state index contributed by atoms with van der Waals surface area (Å²) in [4.78, 5) is 0. The number of benzene rings is 1. The van der Waals surface area contributed by atoms with Crippen LogP contribution in [0.3, 0.4) is 0 Å². The van der Waals surface area contributed by atoms with Crippen molar-refractivity contribution in [1.82, 2.24) is 0 Å². The Kier molecular flexibility index (Phi) is 3.97. The molecule has 0 aliphatic carbocycles. The molecule has 1 unspecified atom stereocenters. The van der Waals surface area contributed by atoms with E-state index in [-0.39, 0.29) is 18.6 Å². The van der Waals surface area contributed by atoms with Crippen LogP contribution in [-0.4, -0.2) is 16.8 Å². The highest BCUT2D eigenvalue weighted by molar-refractivity contribution is 9.10. The number of rotatable bonds is 3. The average molecular weight is 267 g/mol. The molecular formula is C9H9BrF2O2. The van der Waals surface area contributed by atoms with Crippen molar-refractivity contribution in [1.29, 1.82) is 0 Å². The lowest BCUT2D eigenvalue weighted by Crippen LogP contribution is -2.04. The number of aliphatic hydroxyl groups excluding tert-OH is 2. The highest BCUT2D eigenvalue weighted by atomic mass is 79.9. The number of halogens is 3. The fourth-order valence-electron chi connectivity index (χ4n) is 1.10. The lowest BCUT2D eigenvalue weighted by Gasteiger charge is -2.11. The fourth-order valence-corrected chi connectivity index (χ4v) is 1.54. The van der Waals surface area contributed by atoms with Gasteiger partial charge in [-0.1, -0.05) is 15.9 Å². The number of hydrogen-bond donors (Lipinski definition) is 2. The molecule has 0 saturated heterocycles. The molecule has 0 radical (unpaired) electrons. The SMILES string of the molecule is OCCC(O)c1cc(Br)cc(F)c1F. The molecule has 0 aromatic heterocycles. The Labute approximate surface area is 88.3 Å². The summed E-state index contributed by atoms with van der Waals surface area (Å²) in [6.45, 7) is -0.283. The van der Waals surface area contributed by atoms with Crippen molar-refractivity contribution in [2.24, 2.45) is 0 Å². The minimum absolute atomic E-state index is 0.0210. The molecule has 0 aliphatic rings. The van der Waals surface area contributed by atoms with Gasteiger partial charge >= 0.3 is 0 Å². The van der Waals surface area contributed by atoms with Gasteiger partial charge < -0.3 is 10.2 Å². The standard InChI is InChI=1S/C9H9BrF2O2/c10-5-3-6(8(14)1-2-13)9(12)7(11)4-5/h3-4,8,13-14H,1-2H2. The van der Waals surface area contributed by atoms with Gasteiger partial charge in [0.2, 0.25) is 0 Å². The van der Waals surface area contributed by atoms with Crippen molar-refractivity contribution in [2.75, 3.05) is 6.61 Å². The Bertz CT molecular complexity index is 331. The van der Waals surface area contributed by atoms with Crippen LogP contribution in [0.4, 0.5) is 8.78 Å². The second kappa shape index (κ2) is 4.82. The summed E-state index contributed by atoms with van der Waals surface area (Å²) in [5.74, 6) is -2.10. The summed E-state index contributed by atoms with van der Waals surface area (Å²) in [5.41, 5.74) is -0.147. The highest BCUT2D eigenvalue weighted by Gasteiger charge is 2.16. The predicted octanol–water partition coefficient (Wildman–Crippen LogP) is 2.14. The van der Waals surface area contributed by atoms with Crippen molar-refractivity contribution in [3.05, 3.63) is 33.8 Å². The summed E-state index contributed by atoms with van der Waals surface area (Å²) < 4.78 is 26.3. The second-order valence-electron chi connectivity index (χ2n) is 2.82. The second-order valence-corrected chi connectivity index (χ2v) is 3.73. The van der Waals surface area contributed by atoms with Gasteiger partial charge in [0.15, 0.2) is 11.6 Å². The van der Waals surface area contributed by atoms with Crippen molar-refractivity contribution in [3.8, 4) is 0 Å². The Morgan fingerprint density at radius 2 is 2.00 bits per heavy atom. The maximum absolute atomic E-state index is 13.1. The Morgan fingerprint density at radius 1 is 1.36 bits per heavy atom. The third kappa shape index (κ3) is 2.50. The molecule has 2 nitrogen and oxygen atoms in total. The molecule has 0 fully saturated rings. The monoisotopic (exact) mass is 266 g/mol. The summed E-state index contributed by atoms with van der Waals surface area (Å²) in [6, 6.07) is 2.27. The van der Waals surface area contributed by atoms with Crippen LogP contribution in [0.1, 0.15) is 18.1 Å². The molecule has 78 valence electrons. The molecular weight excluding hydrogens is 258 g/mol. The van der Waals surface area contributed by atoms with Gasteiger partial charge in [-0.2, -0.15) is 0 Å². The zero-order valence-electron chi connectivity index (χ0n) is 7.17. The molecule has 5 heteroatoms. The fraction of sp³-hybridized carbons (Fsp3) is 0.333. The molecule has 2 N–H and O–H groups in total. The van der Waals surface area contributed by atoms with Crippen LogP contribution in [0.5, 0.6) is 0 Å². The van der Waals surface area contributed by atoms with E-state index in [4.69, 9.17) is 5.11 Å². The van der Waals surface area contributed by atoms with Crippen LogP contribution >= 0.6 is 15.9 Å². The van der Waals surface area contributed by atoms with Crippen molar-refractivity contribution >= 4 is 15.9 Å². The molecule has 1 aromatic carbocycles. The minimum atomic E-state index is -1.19. The zero-order valence-corrected chi connectivity index (χ0v) is 8.76. The summed E-state index contributed by atoms with van der Waals surface area (Å²) in [6.07, 6.45) is -1.21. The minimum Gasteiger partial charge on any atom is -0.396 e. The maximum atomic E-state index is 13.1. The average Bonchev–Trinajstić information content (AvgIpc) is 2.11. The smallest absolute Gasteiger partial charge is 0.164 e. The lowest BCUT2D eigenvalue weighted by molar-refractivity contribution is 0.130. The molecule has 1 aromatic rings. The molecule has 0 saturated carbocycles. The van der Waals surface area contributed by atoms with Crippen LogP contribution in [-0.2, 0) is 0 Å². The van der Waals surface area contributed by atoms with Gasteiger partial charge in [0, 0.05) is 23.1 Å². The van der Waals surface area contributed by atoms with Crippen molar-refractivity contribution in [2.45, 2.75) is 12.5 Å². The third-order valence-electron chi connectivity index (χ3n) is 1.78. The number of aliphatic hydroxyl groups is 2. The van der Waals surface area contributed by atoms with Crippen LogP contribution in [0.15, 0.2) is 16.6 Å². The van der Waals surface area contributed by atoms with Crippen LogP contribution in [0.25, 0.3) is 0 Å². The Balaban J connectivity index is 3.07. The summed E-state index contributed by atoms with van der Waals surface area (Å²) in [7, 11) is 0. The summed E-state index contributed by atoms with van der Waals surface area (Å²) >= 11 is 2.99. The highest BCUT2D eigenvalue weighted by Crippen LogP contribution is 2.25. The van der Waals surface area contributed by atoms with E-state index in [2.05, 4.69) is 15.9 Å². The van der Waals surface area contributed by atoms with Crippen molar-refractivity contribution < 1.29 is 19.0 Å². The molecule has 0 spiro atoms. The first-order valence-electron chi connectivity index (χ1n) is 3.99. The largest absolute Gasteiger partial charge is 0.396 e. The van der Waals surface area contributed by atoms with Gasteiger partial charge in [-0.3, -0.25) is 0 Å². The van der Waals surface area contributed by atoms with E-state index in [9.17, 15) is 13.9 Å². The number of hydrogen-bond acceptors (Lipinski definition) is 2.